The van der Waals surface area contributed by atoms with Crippen LogP contribution in [0.4, 0.5) is 11.4 Å². The molecule has 116 valence electrons. The van der Waals surface area contributed by atoms with E-state index in [4.69, 9.17) is 0 Å². The third-order valence-corrected chi connectivity index (χ3v) is 3.87. The SMILES string of the molecule is CS(=O)(=O)Nc1ccc(N2CC(CO)(CO)C(=O)N2)cc1. The van der Waals surface area contributed by atoms with Crippen molar-refractivity contribution in [2.24, 2.45) is 5.41 Å². The maximum absolute atomic E-state index is 11.8. The van der Waals surface area contributed by atoms with Crippen LogP contribution in [0.15, 0.2) is 24.3 Å². The zero-order valence-corrected chi connectivity index (χ0v) is 12.2. The minimum atomic E-state index is -3.34. The van der Waals surface area contributed by atoms with Crippen molar-refractivity contribution in [2.45, 2.75) is 0 Å². The number of hydrogen-bond donors (Lipinski definition) is 4. The number of sulfonamides is 1. The van der Waals surface area contributed by atoms with Gasteiger partial charge in [-0.05, 0) is 24.3 Å². The van der Waals surface area contributed by atoms with Crippen LogP contribution in [0.3, 0.4) is 0 Å². The molecule has 1 saturated heterocycles. The fourth-order valence-electron chi connectivity index (χ4n) is 2.03. The molecule has 4 N–H and O–H groups in total. The van der Waals surface area contributed by atoms with Gasteiger partial charge in [-0.3, -0.25) is 20.0 Å². The maximum atomic E-state index is 11.8. The van der Waals surface area contributed by atoms with Gasteiger partial charge in [0.2, 0.25) is 10.0 Å². The summed E-state index contributed by atoms with van der Waals surface area (Å²) in [6.07, 6.45) is 1.05. The Kier molecular flexibility index (Phi) is 4.08. The summed E-state index contributed by atoms with van der Waals surface area (Å²) in [7, 11) is -3.34. The summed E-state index contributed by atoms with van der Waals surface area (Å²) in [6.45, 7) is -0.795. The summed E-state index contributed by atoms with van der Waals surface area (Å²) < 4.78 is 24.6. The number of carbonyl (C=O) groups is 1. The van der Waals surface area contributed by atoms with Crippen molar-refractivity contribution in [1.82, 2.24) is 5.43 Å². The second kappa shape index (κ2) is 5.51. The number of anilines is 2. The molecule has 0 aromatic heterocycles. The zero-order chi connectivity index (χ0) is 15.7. The van der Waals surface area contributed by atoms with Crippen molar-refractivity contribution < 1.29 is 23.4 Å². The van der Waals surface area contributed by atoms with E-state index in [0.29, 0.717) is 11.4 Å². The first-order valence-electron chi connectivity index (χ1n) is 6.18. The van der Waals surface area contributed by atoms with Crippen molar-refractivity contribution in [3.63, 3.8) is 0 Å². The van der Waals surface area contributed by atoms with Crippen molar-refractivity contribution in [1.29, 1.82) is 0 Å². The molecule has 0 spiro atoms. The van der Waals surface area contributed by atoms with Crippen LogP contribution in [0.2, 0.25) is 0 Å². The van der Waals surface area contributed by atoms with Crippen LogP contribution in [-0.4, -0.2) is 50.6 Å². The molecule has 0 bridgehead atoms. The van der Waals surface area contributed by atoms with Crippen LogP contribution < -0.4 is 15.2 Å². The third kappa shape index (κ3) is 3.26. The number of nitrogens with one attached hydrogen (secondary N) is 2. The first-order chi connectivity index (χ1) is 9.79. The molecular formula is C12H17N3O5S. The molecule has 21 heavy (non-hydrogen) atoms. The van der Waals surface area contributed by atoms with E-state index in [2.05, 4.69) is 10.1 Å². The molecule has 0 unspecified atom stereocenters. The van der Waals surface area contributed by atoms with E-state index in [1.54, 1.807) is 24.3 Å². The third-order valence-electron chi connectivity index (χ3n) is 3.27. The van der Waals surface area contributed by atoms with E-state index in [1.165, 1.54) is 5.01 Å². The Hall–Kier alpha value is -1.84. The predicted octanol–water partition coefficient (Wildman–Crippen LogP) is -1.12. The van der Waals surface area contributed by atoms with Crippen molar-refractivity contribution >= 4 is 27.3 Å². The molecule has 1 aromatic carbocycles. The molecule has 2 rings (SSSR count). The normalized spacial score (nSPS) is 17.7. The molecule has 1 aliphatic heterocycles. The number of amides is 1. The second-order valence-electron chi connectivity index (χ2n) is 5.04. The highest BCUT2D eigenvalue weighted by Crippen LogP contribution is 2.28. The molecule has 1 aliphatic rings. The van der Waals surface area contributed by atoms with E-state index in [-0.39, 0.29) is 6.54 Å². The fourth-order valence-corrected chi connectivity index (χ4v) is 2.59. The first-order valence-corrected chi connectivity index (χ1v) is 8.07. The molecule has 1 fully saturated rings. The lowest BCUT2D eigenvalue weighted by atomic mass is 9.90. The van der Waals surface area contributed by atoms with Gasteiger partial charge in [0.1, 0.15) is 5.41 Å². The summed E-state index contributed by atoms with van der Waals surface area (Å²) in [5, 5.41) is 20.1. The van der Waals surface area contributed by atoms with Gasteiger partial charge in [-0.2, -0.15) is 0 Å². The molecule has 1 amide bonds. The van der Waals surface area contributed by atoms with Crippen LogP contribution in [0.1, 0.15) is 0 Å². The monoisotopic (exact) mass is 315 g/mol. The topological polar surface area (TPSA) is 119 Å². The van der Waals surface area contributed by atoms with Gasteiger partial charge in [0, 0.05) is 5.69 Å². The summed E-state index contributed by atoms with van der Waals surface area (Å²) >= 11 is 0. The van der Waals surface area contributed by atoms with Gasteiger partial charge in [-0.15, -0.1) is 0 Å². The van der Waals surface area contributed by atoms with Gasteiger partial charge in [0.25, 0.3) is 5.91 Å². The Morgan fingerprint density at radius 2 is 1.86 bits per heavy atom. The number of rotatable bonds is 5. The van der Waals surface area contributed by atoms with Crippen LogP contribution in [0.5, 0.6) is 0 Å². The quantitative estimate of drug-likeness (QED) is 0.546. The van der Waals surface area contributed by atoms with Gasteiger partial charge in [0.05, 0.1) is 31.7 Å². The number of hydrazine groups is 1. The highest BCUT2D eigenvalue weighted by molar-refractivity contribution is 7.92. The maximum Gasteiger partial charge on any atom is 0.251 e. The van der Waals surface area contributed by atoms with Gasteiger partial charge >= 0.3 is 0 Å². The zero-order valence-electron chi connectivity index (χ0n) is 11.4. The van der Waals surface area contributed by atoms with E-state index in [1.807, 2.05) is 0 Å². The Morgan fingerprint density at radius 1 is 1.29 bits per heavy atom. The van der Waals surface area contributed by atoms with E-state index in [9.17, 15) is 23.4 Å². The molecular weight excluding hydrogens is 298 g/mol. The first kappa shape index (κ1) is 15.5. The lowest BCUT2D eigenvalue weighted by Crippen LogP contribution is -2.39. The van der Waals surface area contributed by atoms with Gasteiger partial charge in [-0.1, -0.05) is 0 Å². The number of nitrogens with zero attached hydrogens (tertiary/aromatic N) is 1. The summed E-state index contributed by atoms with van der Waals surface area (Å²) in [6, 6.07) is 6.36. The number of aliphatic hydroxyl groups is 2. The fraction of sp³-hybridized carbons (Fsp3) is 0.417. The minimum absolute atomic E-state index is 0.123. The van der Waals surface area contributed by atoms with Crippen LogP contribution in [0.25, 0.3) is 0 Å². The Labute approximate surface area is 122 Å². The standard InChI is InChI=1S/C12H17N3O5S/c1-21(19,20)14-9-2-4-10(5-3-9)15-6-12(7-16,8-17)11(18)13-15/h2-5,14,16-17H,6-8H2,1H3,(H,13,18). The van der Waals surface area contributed by atoms with Gasteiger partial charge in [0.15, 0.2) is 0 Å². The minimum Gasteiger partial charge on any atom is -0.395 e. The number of aliphatic hydroxyl groups excluding tert-OH is 2. The lowest BCUT2D eigenvalue weighted by molar-refractivity contribution is -0.131. The molecule has 1 aromatic rings. The van der Waals surface area contributed by atoms with Gasteiger partial charge in [-0.25, -0.2) is 8.42 Å². The largest absolute Gasteiger partial charge is 0.395 e. The molecule has 0 saturated carbocycles. The Bertz CT molecular complexity index is 625. The molecule has 1 heterocycles. The molecule has 0 radical (unpaired) electrons. The summed E-state index contributed by atoms with van der Waals surface area (Å²) in [4.78, 5) is 11.8. The average molecular weight is 315 g/mol. The number of carbonyl (C=O) groups excluding carboxylic acids is 1. The average Bonchev–Trinajstić information content (AvgIpc) is 2.75. The van der Waals surface area contributed by atoms with Crippen LogP contribution in [0, 0.1) is 5.41 Å². The molecule has 9 heteroatoms. The summed E-state index contributed by atoms with van der Waals surface area (Å²) in [5.74, 6) is -0.453. The van der Waals surface area contributed by atoms with Gasteiger partial charge < -0.3 is 10.2 Å². The van der Waals surface area contributed by atoms with Crippen LogP contribution >= 0.6 is 0 Å². The van der Waals surface area contributed by atoms with Crippen molar-refractivity contribution in [3.8, 4) is 0 Å². The van der Waals surface area contributed by atoms with E-state index in [0.717, 1.165) is 6.26 Å². The van der Waals surface area contributed by atoms with E-state index < -0.39 is 34.6 Å². The predicted molar refractivity (Wildman–Crippen MR) is 77.0 cm³/mol. The molecule has 0 atom stereocenters. The highest BCUT2D eigenvalue weighted by Gasteiger charge is 2.45. The molecule has 8 nitrogen and oxygen atoms in total. The summed E-state index contributed by atoms with van der Waals surface area (Å²) in [5.41, 5.74) is 2.36. The van der Waals surface area contributed by atoms with Crippen molar-refractivity contribution in [3.05, 3.63) is 24.3 Å². The second-order valence-corrected chi connectivity index (χ2v) is 6.79. The Balaban J connectivity index is 2.16. The smallest absolute Gasteiger partial charge is 0.251 e. The van der Waals surface area contributed by atoms with Crippen molar-refractivity contribution in [2.75, 3.05) is 35.7 Å². The lowest BCUT2D eigenvalue weighted by Gasteiger charge is -2.21. The molecule has 0 aliphatic carbocycles. The number of benzene rings is 1. The van der Waals surface area contributed by atoms with Crippen LogP contribution in [-0.2, 0) is 14.8 Å². The van der Waals surface area contributed by atoms with E-state index >= 15 is 0 Å². The Morgan fingerprint density at radius 3 is 2.29 bits per heavy atom. The number of hydrogen-bond acceptors (Lipinski definition) is 6. The highest BCUT2D eigenvalue weighted by atomic mass is 32.2.